The summed E-state index contributed by atoms with van der Waals surface area (Å²) in [7, 11) is 0. The summed E-state index contributed by atoms with van der Waals surface area (Å²) >= 11 is 6.30. The van der Waals surface area contributed by atoms with E-state index in [-0.39, 0.29) is 18.7 Å². The van der Waals surface area contributed by atoms with Gasteiger partial charge in [-0.2, -0.15) is 13.8 Å². The molecule has 0 unspecified atom stereocenters. The number of nitrogens with zero attached hydrogens (tertiary/aromatic N) is 2. The predicted molar refractivity (Wildman–Crippen MR) is 100.0 cm³/mol. The van der Waals surface area contributed by atoms with Crippen molar-refractivity contribution in [2.45, 2.75) is 23.5 Å². The van der Waals surface area contributed by atoms with Gasteiger partial charge in [-0.25, -0.2) is 0 Å². The number of carbonyl (C=O) groups is 1. The summed E-state index contributed by atoms with van der Waals surface area (Å²) in [6, 6.07) is 13.2. The first-order chi connectivity index (χ1) is 13.0. The van der Waals surface area contributed by atoms with E-state index < -0.39 is 5.76 Å². The highest BCUT2D eigenvalue weighted by molar-refractivity contribution is 7.99. The zero-order valence-electron chi connectivity index (χ0n) is 13.9. The third-order valence-corrected chi connectivity index (χ3v) is 4.47. The Balaban J connectivity index is 1.51. The van der Waals surface area contributed by atoms with Crippen molar-refractivity contribution in [2.75, 3.05) is 5.32 Å². The number of hydrogen-bond acceptors (Lipinski definition) is 5. The fourth-order valence-electron chi connectivity index (χ4n) is 2.24. The molecule has 1 heterocycles. The first-order valence-corrected chi connectivity index (χ1v) is 9.18. The van der Waals surface area contributed by atoms with Gasteiger partial charge in [-0.15, -0.1) is 0 Å². The predicted octanol–water partition coefficient (Wildman–Crippen LogP) is 5.28. The van der Waals surface area contributed by atoms with Crippen molar-refractivity contribution in [2.24, 2.45) is 0 Å². The highest BCUT2D eigenvalue weighted by Crippen LogP contribution is 2.26. The number of hydrogen-bond donors (Lipinski definition) is 1. The summed E-state index contributed by atoms with van der Waals surface area (Å²) in [6.45, 7) is 0. The third-order valence-electron chi connectivity index (χ3n) is 3.50. The van der Waals surface area contributed by atoms with Crippen LogP contribution < -0.4 is 5.32 Å². The molecule has 0 atom stereocenters. The number of amides is 1. The van der Waals surface area contributed by atoms with E-state index in [1.165, 1.54) is 12.1 Å². The quantitative estimate of drug-likeness (QED) is 0.538. The lowest BCUT2D eigenvalue weighted by molar-refractivity contribution is -0.116. The number of rotatable bonds is 7. The van der Waals surface area contributed by atoms with Crippen molar-refractivity contribution in [1.82, 2.24) is 10.1 Å². The Morgan fingerprint density at radius 3 is 2.52 bits per heavy atom. The number of nitrogens with one attached hydrogen (secondary N) is 1. The number of benzene rings is 2. The Kier molecular flexibility index (Phi) is 6.41. The van der Waals surface area contributed by atoms with Crippen LogP contribution in [-0.4, -0.2) is 21.8 Å². The third kappa shape index (κ3) is 5.77. The number of aryl methyl sites for hydroxylation is 1. The summed E-state index contributed by atoms with van der Waals surface area (Å²) in [5, 5.41) is 7.20. The second-order valence-electron chi connectivity index (χ2n) is 5.47. The van der Waals surface area contributed by atoms with Crippen LogP contribution in [0.25, 0.3) is 11.4 Å². The van der Waals surface area contributed by atoms with Crippen molar-refractivity contribution >= 4 is 35.0 Å². The van der Waals surface area contributed by atoms with Gasteiger partial charge >= 0.3 is 0 Å². The molecule has 0 saturated heterocycles. The highest BCUT2D eigenvalue weighted by atomic mass is 35.5. The molecule has 0 fully saturated rings. The lowest BCUT2D eigenvalue weighted by atomic mass is 10.2. The maximum Gasteiger partial charge on any atom is 0.288 e. The Hall–Kier alpha value is -2.45. The fraction of sp³-hybridized carbons (Fsp3) is 0.167. The molecule has 5 nitrogen and oxygen atoms in total. The molecule has 27 heavy (non-hydrogen) atoms. The van der Waals surface area contributed by atoms with Crippen LogP contribution in [0.5, 0.6) is 0 Å². The van der Waals surface area contributed by atoms with Crippen LogP contribution in [0.3, 0.4) is 0 Å². The van der Waals surface area contributed by atoms with Gasteiger partial charge < -0.3 is 9.84 Å². The summed E-state index contributed by atoms with van der Waals surface area (Å²) in [6.07, 6.45) is 0.432. The van der Waals surface area contributed by atoms with Crippen molar-refractivity contribution in [1.29, 1.82) is 0 Å². The molecule has 140 valence electrons. The first-order valence-electron chi connectivity index (χ1n) is 7.93. The molecular formula is C18H14ClF2N3O2S. The molecule has 0 aliphatic carbocycles. The number of thioether (sulfide) groups is 1. The number of alkyl halides is 2. The number of aromatic nitrogens is 2. The highest BCUT2D eigenvalue weighted by Gasteiger charge is 2.11. The van der Waals surface area contributed by atoms with Crippen LogP contribution in [0.1, 0.15) is 12.3 Å². The zero-order valence-corrected chi connectivity index (χ0v) is 15.4. The molecule has 1 amide bonds. The smallest absolute Gasteiger partial charge is 0.288 e. The van der Waals surface area contributed by atoms with Gasteiger partial charge in [0.15, 0.2) is 0 Å². The molecule has 0 aliphatic heterocycles. The maximum atomic E-state index is 12.3. The molecule has 0 saturated carbocycles. The Bertz CT molecular complexity index is 902. The van der Waals surface area contributed by atoms with Crippen molar-refractivity contribution in [3.8, 4) is 11.4 Å². The number of anilines is 1. The van der Waals surface area contributed by atoms with Crippen molar-refractivity contribution in [3.63, 3.8) is 0 Å². The molecule has 9 heteroatoms. The van der Waals surface area contributed by atoms with Crippen LogP contribution in [0, 0.1) is 0 Å². The Morgan fingerprint density at radius 1 is 1.15 bits per heavy atom. The summed E-state index contributed by atoms with van der Waals surface area (Å²) in [5.74, 6) is -1.94. The van der Waals surface area contributed by atoms with E-state index in [1.807, 2.05) is 0 Å². The normalized spacial score (nSPS) is 11.0. The summed E-state index contributed by atoms with van der Waals surface area (Å²) in [5.41, 5.74) is 1.30. The SMILES string of the molecule is O=C(CCc1nc(-c2ccc(Cl)cc2)no1)Nc1ccc(SC(F)F)cc1. The van der Waals surface area contributed by atoms with E-state index in [0.717, 1.165) is 5.56 Å². The lowest BCUT2D eigenvalue weighted by Gasteiger charge is -2.05. The largest absolute Gasteiger partial charge is 0.339 e. The van der Waals surface area contributed by atoms with Gasteiger partial charge in [0.1, 0.15) is 0 Å². The molecule has 3 aromatic rings. The second kappa shape index (κ2) is 8.96. The van der Waals surface area contributed by atoms with Gasteiger partial charge in [0.2, 0.25) is 17.6 Å². The first kappa shape index (κ1) is 19.3. The van der Waals surface area contributed by atoms with E-state index in [9.17, 15) is 13.6 Å². The monoisotopic (exact) mass is 409 g/mol. The van der Waals surface area contributed by atoms with Crippen LogP contribution in [0.4, 0.5) is 14.5 Å². The summed E-state index contributed by atoms with van der Waals surface area (Å²) in [4.78, 5) is 16.7. The average molecular weight is 410 g/mol. The molecule has 2 aromatic carbocycles. The van der Waals surface area contributed by atoms with Crippen LogP contribution >= 0.6 is 23.4 Å². The van der Waals surface area contributed by atoms with Gasteiger partial charge in [0.05, 0.1) is 0 Å². The molecule has 0 bridgehead atoms. The topological polar surface area (TPSA) is 68.0 Å². The lowest BCUT2D eigenvalue weighted by Crippen LogP contribution is -2.12. The average Bonchev–Trinajstić information content (AvgIpc) is 3.11. The molecular weight excluding hydrogens is 396 g/mol. The summed E-state index contributed by atoms with van der Waals surface area (Å²) < 4.78 is 29.7. The van der Waals surface area contributed by atoms with E-state index >= 15 is 0 Å². The Labute approximate surface area is 163 Å². The van der Waals surface area contributed by atoms with E-state index in [4.69, 9.17) is 16.1 Å². The second-order valence-corrected chi connectivity index (χ2v) is 6.97. The standard InChI is InChI=1S/C18H14ClF2N3O2S/c19-12-3-1-11(2-4-12)17-23-16(26-24-17)10-9-15(25)22-13-5-7-14(8-6-13)27-18(20)21/h1-8,18H,9-10H2,(H,22,25). The minimum Gasteiger partial charge on any atom is -0.339 e. The molecule has 0 radical (unpaired) electrons. The van der Waals surface area contributed by atoms with Gasteiger partial charge in [-0.3, -0.25) is 4.79 Å². The minimum absolute atomic E-state index is 0.149. The van der Waals surface area contributed by atoms with E-state index in [2.05, 4.69) is 15.5 Å². The Morgan fingerprint density at radius 2 is 1.85 bits per heavy atom. The van der Waals surface area contributed by atoms with Crippen molar-refractivity contribution < 1.29 is 18.1 Å². The number of carbonyl (C=O) groups excluding carboxylic acids is 1. The van der Waals surface area contributed by atoms with Crippen LogP contribution in [0.2, 0.25) is 5.02 Å². The van der Waals surface area contributed by atoms with Crippen LogP contribution in [0.15, 0.2) is 57.9 Å². The van der Waals surface area contributed by atoms with E-state index in [1.54, 1.807) is 36.4 Å². The van der Waals surface area contributed by atoms with Gasteiger partial charge in [0.25, 0.3) is 5.76 Å². The van der Waals surface area contributed by atoms with Crippen LogP contribution in [-0.2, 0) is 11.2 Å². The van der Waals surface area contributed by atoms with E-state index in [0.29, 0.717) is 39.1 Å². The zero-order chi connectivity index (χ0) is 19.2. The van der Waals surface area contributed by atoms with Gasteiger partial charge in [0, 0.05) is 34.0 Å². The number of halogens is 3. The maximum absolute atomic E-state index is 12.3. The molecule has 0 aliphatic rings. The van der Waals surface area contributed by atoms with Gasteiger partial charge in [-0.05, 0) is 48.5 Å². The van der Waals surface area contributed by atoms with Gasteiger partial charge in [-0.1, -0.05) is 28.5 Å². The minimum atomic E-state index is -2.47. The van der Waals surface area contributed by atoms with Crippen molar-refractivity contribution in [3.05, 3.63) is 59.4 Å². The molecule has 0 spiro atoms. The molecule has 1 aromatic heterocycles. The fourth-order valence-corrected chi connectivity index (χ4v) is 2.86. The molecule has 1 N–H and O–H groups in total. The molecule has 3 rings (SSSR count).